The summed E-state index contributed by atoms with van der Waals surface area (Å²) in [7, 11) is 1.58. The number of likely N-dealkylation sites (N-methyl/N-ethyl adjacent to an activating group) is 1. The second-order valence-corrected chi connectivity index (χ2v) is 8.61. The smallest absolute Gasteiger partial charge is 0.414 e. The molecule has 1 aromatic heterocycles. The first-order valence-corrected chi connectivity index (χ1v) is 12.2. The van der Waals surface area contributed by atoms with Gasteiger partial charge in [0.2, 0.25) is 0 Å². The van der Waals surface area contributed by atoms with Gasteiger partial charge in [-0.1, -0.05) is 12.7 Å². The van der Waals surface area contributed by atoms with E-state index in [9.17, 15) is 9.59 Å². The van der Waals surface area contributed by atoms with Gasteiger partial charge in [-0.3, -0.25) is 9.80 Å². The molecule has 0 bridgehead atoms. The highest BCUT2D eigenvalue weighted by atomic mass is 16.6. The molecule has 0 radical (unpaired) electrons. The van der Waals surface area contributed by atoms with E-state index < -0.39 is 6.09 Å². The number of aromatic amines is 1. The van der Waals surface area contributed by atoms with Crippen LogP contribution >= 0.6 is 0 Å². The summed E-state index contributed by atoms with van der Waals surface area (Å²) in [5.74, 6) is 1.98. The van der Waals surface area contributed by atoms with E-state index >= 15 is 0 Å². The average molecular weight is 492 g/mol. The maximum Gasteiger partial charge on any atom is 0.414 e. The van der Waals surface area contributed by atoms with Crippen LogP contribution in [0.25, 0.3) is 0 Å². The van der Waals surface area contributed by atoms with Gasteiger partial charge in [-0.25, -0.2) is 14.6 Å². The number of H-pyrrole nitrogens is 1. The zero-order chi connectivity index (χ0) is 25.7. The first kappa shape index (κ1) is 25.1. The van der Waals surface area contributed by atoms with E-state index in [1.165, 1.54) is 0 Å². The second-order valence-electron chi connectivity index (χ2n) is 8.61. The van der Waals surface area contributed by atoms with Crippen molar-refractivity contribution in [1.82, 2.24) is 20.2 Å². The van der Waals surface area contributed by atoms with Crippen molar-refractivity contribution >= 4 is 17.8 Å². The third-order valence-electron chi connectivity index (χ3n) is 6.65. The number of rotatable bonds is 9. The Bertz CT molecular complexity index is 1160. The van der Waals surface area contributed by atoms with Crippen molar-refractivity contribution in [1.29, 1.82) is 0 Å². The fourth-order valence-electron chi connectivity index (χ4n) is 4.88. The van der Waals surface area contributed by atoms with Gasteiger partial charge in [0.05, 0.1) is 12.9 Å². The van der Waals surface area contributed by atoms with E-state index in [0.717, 1.165) is 22.7 Å². The Labute approximate surface area is 211 Å². The zero-order valence-electron chi connectivity index (χ0n) is 20.9. The molecular weight excluding hydrogens is 458 g/mol. The summed E-state index contributed by atoms with van der Waals surface area (Å²) in [5.41, 5.74) is 3.65. The molecule has 1 aromatic carbocycles. The number of nitrogens with zero attached hydrogens (tertiary/aromatic N) is 3. The summed E-state index contributed by atoms with van der Waals surface area (Å²) in [6.07, 6.45) is 9.92. The van der Waals surface area contributed by atoms with Gasteiger partial charge in [0.25, 0.3) is 0 Å². The van der Waals surface area contributed by atoms with Crippen molar-refractivity contribution in [3.05, 3.63) is 78.6 Å². The van der Waals surface area contributed by atoms with Crippen LogP contribution in [0, 0.1) is 5.92 Å². The topological polar surface area (TPSA) is 99.8 Å². The van der Waals surface area contributed by atoms with Crippen LogP contribution in [0.4, 0.5) is 15.3 Å². The standard InChI is InChI=1S/C27H33N5O4/c1-5-9-18(31(6-2)26(33)28-4)10-8-13-35-27(34)32(7-3)19-11-12-23-20(14-19)24-21(16-36-23)25(24)22-15-29-17-30-22/h5,8-12,14-15,17,21,24-25H,1,6-7,13,16H2,2-4H3,(H,28,33)(H,29,30). The van der Waals surface area contributed by atoms with Crippen molar-refractivity contribution < 1.29 is 19.1 Å². The molecule has 0 saturated heterocycles. The number of hydrogen-bond donors (Lipinski definition) is 2. The lowest BCUT2D eigenvalue weighted by Crippen LogP contribution is -2.36. The van der Waals surface area contributed by atoms with E-state index in [0.29, 0.717) is 43.1 Å². The third-order valence-corrected chi connectivity index (χ3v) is 6.65. The molecule has 36 heavy (non-hydrogen) atoms. The first-order chi connectivity index (χ1) is 17.5. The molecule has 1 saturated carbocycles. The summed E-state index contributed by atoms with van der Waals surface area (Å²) in [5, 5.41) is 2.61. The van der Waals surface area contributed by atoms with E-state index in [2.05, 4.69) is 21.9 Å². The van der Waals surface area contributed by atoms with Crippen molar-refractivity contribution in [2.24, 2.45) is 5.92 Å². The highest BCUT2D eigenvalue weighted by Gasteiger charge is 2.56. The number of urea groups is 1. The van der Waals surface area contributed by atoms with Gasteiger partial charge in [-0.2, -0.15) is 0 Å². The van der Waals surface area contributed by atoms with Crippen LogP contribution in [0.5, 0.6) is 5.75 Å². The highest BCUT2D eigenvalue weighted by Crippen LogP contribution is 2.64. The summed E-state index contributed by atoms with van der Waals surface area (Å²) >= 11 is 0. The van der Waals surface area contributed by atoms with Crippen LogP contribution in [0.2, 0.25) is 0 Å². The maximum absolute atomic E-state index is 12.9. The van der Waals surface area contributed by atoms with Crippen LogP contribution in [-0.2, 0) is 4.74 Å². The summed E-state index contributed by atoms with van der Waals surface area (Å²) in [4.78, 5) is 35.6. The Balaban J connectivity index is 1.42. The van der Waals surface area contributed by atoms with Crippen LogP contribution in [-0.4, -0.2) is 60.3 Å². The number of hydrogen-bond acceptors (Lipinski definition) is 5. The number of allylic oxidation sites excluding steroid dienone is 3. The van der Waals surface area contributed by atoms with Crippen molar-refractivity contribution in [3.8, 4) is 5.75 Å². The minimum Gasteiger partial charge on any atom is -0.493 e. The molecular formula is C27H33N5O4. The normalized spacial score (nSPS) is 20.1. The number of carbonyl (C=O) groups excluding carboxylic acids is 2. The van der Waals surface area contributed by atoms with Crippen LogP contribution in [0.1, 0.15) is 36.9 Å². The predicted molar refractivity (Wildman–Crippen MR) is 138 cm³/mol. The van der Waals surface area contributed by atoms with Gasteiger partial charge < -0.3 is 19.8 Å². The zero-order valence-corrected chi connectivity index (χ0v) is 20.9. The van der Waals surface area contributed by atoms with E-state index in [4.69, 9.17) is 9.47 Å². The molecule has 2 aliphatic rings. The molecule has 3 unspecified atom stereocenters. The lowest BCUT2D eigenvalue weighted by atomic mass is 10.0. The largest absolute Gasteiger partial charge is 0.493 e. The molecule has 1 aliphatic carbocycles. The number of ether oxygens (including phenoxy) is 2. The molecule has 9 heteroatoms. The van der Waals surface area contributed by atoms with E-state index in [-0.39, 0.29) is 12.6 Å². The molecule has 0 spiro atoms. The Morgan fingerprint density at radius 2 is 2.14 bits per heavy atom. The van der Waals surface area contributed by atoms with E-state index in [1.807, 2.05) is 38.2 Å². The molecule has 2 heterocycles. The lowest BCUT2D eigenvalue weighted by molar-refractivity contribution is 0.166. The molecule has 9 nitrogen and oxygen atoms in total. The Morgan fingerprint density at radius 3 is 2.81 bits per heavy atom. The van der Waals surface area contributed by atoms with Crippen LogP contribution in [0.15, 0.2) is 67.3 Å². The number of fused-ring (bicyclic) bond motifs is 3. The SMILES string of the molecule is C=CC=C(C=CCOC(=O)N(CC)c1ccc2c(c1)C1C(CO2)C1c1cnc[nH]1)N(CC)C(=O)NC. The average Bonchev–Trinajstić information content (AvgIpc) is 3.38. The monoisotopic (exact) mass is 491 g/mol. The number of aromatic nitrogens is 2. The van der Waals surface area contributed by atoms with Crippen LogP contribution < -0.4 is 15.0 Å². The van der Waals surface area contributed by atoms with Gasteiger partial charge in [0, 0.05) is 66.7 Å². The van der Waals surface area contributed by atoms with Crippen molar-refractivity contribution in [2.75, 3.05) is 38.3 Å². The van der Waals surface area contributed by atoms with Crippen molar-refractivity contribution in [2.45, 2.75) is 25.7 Å². The Hall–Kier alpha value is -4.01. The predicted octanol–water partition coefficient (Wildman–Crippen LogP) is 4.55. The number of benzene rings is 1. The van der Waals surface area contributed by atoms with E-state index in [1.54, 1.807) is 47.5 Å². The fourth-order valence-corrected chi connectivity index (χ4v) is 4.88. The molecule has 2 aromatic rings. The molecule has 190 valence electrons. The number of amides is 3. The summed E-state index contributed by atoms with van der Waals surface area (Å²) < 4.78 is 11.5. The first-order valence-electron chi connectivity index (χ1n) is 12.2. The molecule has 2 N–H and O–H groups in total. The number of anilines is 1. The minimum absolute atomic E-state index is 0.0652. The summed E-state index contributed by atoms with van der Waals surface area (Å²) in [6, 6.07) is 5.63. The van der Waals surface area contributed by atoms with Gasteiger partial charge in [-0.05, 0) is 50.3 Å². The second kappa shape index (κ2) is 11.2. The minimum atomic E-state index is -0.441. The lowest BCUT2D eigenvalue weighted by Gasteiger charge is -2.23. The molecule has 1 aliphatic heterocycles. The Kier molecular flexibility index (Phi) is 7.77. The summed E-state index contributed by atoms with van der Waals surface area (Å²) in [6.45, 7) is 9.19. The van der Waals surface area contributed by atoms with Gasteiger partial charge >= 0.3 is 12.1 Å². The number of nitrogens with one attached hydrogen (secondary N) is 2. The molecule has 3 atom stereocenters. The number of imidazole rings is 1. The highest BCUT2D eigenvalue weighted by molar-refractivity contribution is 5.88. The quantitative estimate of drug-likeness (QED) is 0.502. The van der Waals surface area contributed by atoms with Crippen molar-refractivity contribution in [3.63, 3.8) is 0 Å². The maximum atomic E-state index is 12.9. The third kappa shape index (κ3) is 5.00. The molecule has 1 fully saturated rings. The Morgan fingerprint density at radius 1 is 1.31 bits per heavy atom. The van der Waals surface area contributed by atoms with Gasteiger partial charge in [0.15, 0.2) is 0 Å². The number of carbonyl (C=O) groups is 2. The van der Waals surface area contributed by atoms with Gasteiger partial charge in [0.1, 0.15) is 12.4 Å². The van der Waals surface area contributed by atoms with Gasteiger partial charge in [-0.15, -0.1) is 0 Å². The molecule has 4 rings (SSSR count). The fraction of sp³-hybridized carbons (Fsp3) is 0.370. The molecule has 3 amide bonds. The van der Waals surface area contributed by atoms with Crippen LogP contribution in [0.3, 0.4) is 0 Å².